The van der Waals surface area contributed by atoms with E-state index in [2.05, 4.69) is 15.1 Å². The Morgan fingerprint density at radius 3 is 2.39 bits per heavy atom. The second-order valence-electron chi connectivity index (χ2n) is 7.75. The second kappa shape index (κ2) is 10.4. The predicted octanol–water partition coefficient (Wildman–Crippen LogP) is 2.10. The minimum atomic E-state index is -1.42. The van der Waals surface area contributed by atoms with E-state index in [1.165, 1.54) is 0 Å². The van der Waals surface area contributed by atoms with Crippen LogP contribution in [0.4, 0.5) is 0 Å². The number of aromatic nitrogens is 3. The molecule has 33 heavy (non-hydrogen) atoms. The fraction of sp³-hybridized carbons (Fsp3) is 0.391. The molecule has 0 spiro atoms. The lowest BCUT2D eigenvalue weighted by molar-refractivity contribution is -0.127. The Kier molecular flexibility index (Phi) is 7.62. The zero-order valence-corrected chi connectivity index (χ0v) is 19.0. The average Bonchev–Trinajstić information content (AvgIpc) is 3.23. The summed E-state index contributed by atoms with van der Waals surface area (Å²) in [5.41, 5.74) is 8.84. The molecule has 0 fully saturated rings. The van der Waals surface area contributed by atoms with Crippen LogP contribution >= 0.6 is 0 Å². The number of benzene rings is 1. The lowest BCUT2D eigenvalue weighted by Gasteiger charge is -2.17. The molecule has 2 heterocycles. The number of hydrogen-bond acceptors (Lipinski definition) is 9. The first-order valence-electron chi connectivity index (χ1n) is 10.5. The van der Waals surface area contributed by atoms with Gasteiger partial charge < -0.3 is 29.9 Å². The summed E-state index contributed by atoms with van der Waals surface area (Å²) in [4.78, 5) is 19.8. The standard InChI is InChI=1S/C23H28N4O6/c1-5-31-19-9-16(8-14(4)25-19)23-26-22(27-33-23)15-6-12(2)20(13(3)7-15)32-11-17(28)10-18(29)21(24)30/h6-9,17-18,28-29H,5,10-11H2,1-4H3,(H2,24,30)/t17-,18?/m0/s1. The third kappa shape index (κ3) is 6.05. The number of ether oxygens (including phenoxy) is 2. The normalized spacial score (nSPS) is 12.9. The van der Waals surface area contributed by atoms with Gasteiger partial charge in [-0.15, -0.1) is 0 Å². The molecule has 3 rings (SSSR count). The van der Waals surface area contributed by atoms with Crippen LogP contribution in [0.25, 0.3) is 22.8 Å². The highest BCUT2D eigenvalue weighted by Gasteiger charge is 2.19. The molecule has 3 aromatic rings. The maximum atomic E-state index is 10.9. The quantitative estimate of drug-likeness (QED) is 0.416. The molecule has 2 aromatic heterocycles. The van der Waals surface area contributed by atoms with Gasteiger partial charge in [0.2, 0.25) is 17.6 Å². The number of aliphatic hydroxyl groups excluding tert-OH is 2. The molecule has 0 saturated carbocycles. The molecule has 10 nitrogen and oxygen atoms in total. The molecule has 0 aliphatic rings. The van der Waals surface area contributed by atoms with Gasteiger partial charge in [-0.2, -0.15) is 4.98 Å². The first kappa shape index (κ1) is 24.1. The van der Waals surface area contributed by atoms with Crippen molar-refractivity contribution < 1.29 is 29.0 Å². The van der Waals surface area contributed by atoms with Crippen LogP contribution in [-0.4, -0.2) is 56.7 Å². The SMILES string of the molecule is CCOc1cc(-c2nc(-c3cc(C)c(OC[C@@H](O)CC(O)C(N)=O)c(C)c3)no2)cc(C)n1. The predicted molar refractivity (Wildman–Crippen MR) is 120 cm³/mol. The second-order valence-corrected chi connectivity index (χ2v) is 7.75. The van der Waals surface area contributed by atoms with Gasteiger partial charge in [-0.3, -0.25) is 4.79 Å². The van der Waals surface area contributed by atoms with Crippen LogP contribution in [-0.2, 0) is 4.79 Å². The zero-order valence-electron chi connectivity index (χ0n) is 19.0. The molecule has 0 radical (unpaired) electrons. The van der Waals surface area contributed by atoms with Gasteiger partial charge >= 0.3 is 0 Å². The molecule has 1 aromatic carbocycles. The van der Waals surface area contributed by atoms with Crippen molar-refractivity contribution in [3.05, 3.63) is 41.1 Å². The van der Waals surface area contributed by atoms with E-state index in [0.717, 1.165) is 22.4 Å². The highest BCUT2D eigenvalue weighted by atomic mass is 16.5. The van der Waals surface area contributed by atoms with Gasteiger partial charge in [0, 0.05) is 29.3 Å². The fourth-order valence-corrected chi connectivity index (χ4v) is 3.37. The van der Waals surface area contributed by atoms with E-state index in [1.54, 1.807) is 6.07 Å². The third-order valence-electron chi connectivity index (χ3n) is 4.86. The Bertz CT molecular complexity index is 1110. The largest absolute Gasteiger partial charge is 0.490 e. The van der Waals surface area contributed by atoms with Crippen molar-refractivity contribution in [2.75, 3.05) is 13.2 Å². The number of amides is 1. The number of carbonyl (C=O) groups is 1. The van der Waals surface area contributed by atoms with E-state index < -0.39 is 18.1 Å². The number of aryl methyl sites for hydroxylation is 3. The average molecular weight is 456 g/mol. The van der Waals surface area contributed by atoms with Crippen molar-refractivity contribution in [1.82, 2.24) is 15.1 Å². The van der Waals surface area contributed by atoms with E-state index in [1.807, 2.05) is 45.9 Å². The number of nitrogens with zero attached hydrogens (tertiary/aromatic N) is 3. The first-order valence-corrected chi connectivity index (χ1v) is 10.5. The molecule has 0 aliphatic heterocycles. The minimum Gasteiger partial charge on any atom is -0.490 e. The van der Waals surface area contributed by atoms with Crippen LogP contribution < -0.4 is 15.2 Å². The van der Waals surface area contributed by atoms with Gasteiger partial charge in [0.05, 0.1) is 12.7 Å². The molecule has 176 valence electrons. The fourth-order valence-electron chi connectivity index (χ4n) is 3.37. The van der Waals surface area contributed by atoms with Gasteiger partial charge in [-0.1, -0.05) is 5.16 Å². The molecule has 2 atom stereocenters. The number of aliphatic hydroxyl groups is 2. The molecule has 4 N–H and O–H groups in total. The van der Waals surface area contributed by atoms with Crippen molar-refractivity contribution in [2.24, 2.45) is 5.73 Å². The highest BCUT2D eigenvalue weighted by Crippen LogP contribution is 2.31. The number of pyridine rings is 1. The first-order chi connectivity index (χ1) is 15.7. The van der Waals surface area contributed by atoms with Crippen LogP contribution in [0.15, 0.2) is 28.8 Å². The van der Waals surface area contributed by atoms with Crippen LogP contribution in [0.2, 0.25) is 0 Å². The molecule has 10 heteroatoms. The van der Waals surface area contributed by atoms with Gasteiger partial charge in [-0.25, -0.2) is 4.98 Å². The highest BCUT2D eigenvalue weighted by molar-refractivity contribution is 5.78. The maximum absolute atomic E-state index is 10.9. The molecule has 1 amide bonds. The van der Waals surface area contributed by atoms with E-state index in [0.29, 0.717) is 35.5 Å². The third-order valence-corrected chi connectivity index (χ3v) is 4.86. The minimum absolute atomic E-state index is 0.0959. The molecular weight excluding hydrogens is 428 g/mol. The molecule has 1 unspecified atom stereocenters. The van der Waals surface area contributed by atoms with Crippen molar-refractivity contribution in [3.63, 3.8) is 0 Å². The van der Waals surface area contributed by atoms with Gasteiger partial charge in [0.1, 0.15) is 18.5 Å². The van der Waals surface area contributed by atoms with E-state index in [9.17, 15) is 15.0 Å². The maximum Gasteiger partial charge on any atom is 0.258 e. The zero-order chi connectivity index (χ0) is 24.1. The summed E-state index contributed by atoms with van der Waals surface area (Å²) < 4.78 is 16.7. The number of carbonyl (C=O) groups excluding carboxylic acids is 1. The van der Waals surface area contributed by atoms with E-state index >= 15 is 0 Å². The van der Waals surface area contributed by atoms with Crippen LogP contribution in [0.5, 0.6) is 11.6 Å². The summed E-state index contributed by atoms with van der Waals surface area (Å²) in [6, 6.07) is 7.30. The molecular formula is C23H28N4O6. The number of primary amides is 1. The van der Waals surface area contributed by atoms with Gasteiger partial charge in [0.25, 0.3) is 5.89 Å². The van der Waals surface area contributed by atoms with Crippen LogP contribution in [0.3, 0.4) is 0 Å². The number of nitrogens with two attached hydrogens (primary N) is 1. The Morgan fingerprint density at radius 1 is 1.06 bits per heavy atom. The summed E-state index contributed by atoms with van der Waals surface area (Å²) in [5, 5.41) is 23.6. The lowest BCUT2D eigenvalue weighted by atomic mass is 10.0. The Morgan fingerprint density at radius 2 is 1.76 bits per heavy atom. The van der Waals surface area contributed by atoms with Crippen molar-refractivity contribution >= 4 is 5.91 Å². The van der Waals surface area contributed by atoms with E-state index in [-0.39, 0.29) is 13.0 Å². The summed E-state index contributed by atoms with van der Waals surface area (Å²) in [5.74, 6) is 0.955. The van der Waals surface area contributed by atoms with Crippen LogP contribution in [0.1, 0.15) is 30.2 Å². The van der Waals surface area contributed by atoms with Crippen molar-refractivity contribution in [1.29, 1.82) is 0 Å². The topological polar surface area (TPSA) is 154 Å². The van der Waals surface area contributed by atoms with Crippen LogP contribution in [0, 0.1) is 20.8 Å². The Balaban J connectivity index is 1.77. The summed E-state index contributed by atoms with van der Waals surface area (Å²) in [6.45, 7) is 7.87. The summed E-state index contributed by atoms with van der Waals surface area (Å²) in [7, 11) is 0. The summed E-state index contributed by atoms with van der Waals surface area (Å²) in [6.07, 6.45) is -2.66. The van der Waals surface area contributed by atoms with Crippen molar-refractivity contribution in [3.8, 4) is 34.5 Å². The Hall–Kier alpha value is -3.50. The Labute approximate surface area is 191 Å². The molecule has 0 bridgehead atoms. The number of hydrogen-bond donors (Lipinski definition) is 3. The summed E-state index contributed by atoms with van der Waals surface area (Å²) >= 11 is 0. The number of rotatable bonds is 10. The van der Waals surface area contributed by atoms with Gasteiger partial charge in [0.15, 0.2) is 0 Å². The molecule has 0 saturated heterocycles. The monoisotopic (exact) mass is 456 g/mol. The van der Waals surface area contributed by atoms with Gasteiger partial charge in [-0.05, 0) is 57.0 Å². The van der Waals surface area contributed by atoms with Crippen molar-refractivity contribution in [2.45, 2.75) is 46.3 Å². The molecule has 0 aliphatic carbocycles. The lowest BCUT2D eigenvalue weighted by Crippen LogP contribution is -2.33. The van der Waals surface area contributed by atoms with E-state index in [4.69, 9.17) is 19.7 Å². The smallest absolute Gasteiger partial charge is 0.258 e.